The number of piperidine rings is 1. The van der Waals surface area contributed by atoms with Crippen LogP contribution < -0.4 is 10.2 Å². The molecule has 1 aliphatic heterocycles. The van der Waals surface area contributed by atoms with Gasteiger partial charge in [-0.15, -0.1) is 11.8 Å². The van der Waals surface area contributed by atoms with E-state index in [1.54, 1.807) is 11.8 Å². The largest absolute Gasteiger partial charge is 0.390 e. The maximum atomic E-state index is 10.4. The highest BCUT2D eigenvalue weighted by molar-refractivity contribution is 7.99. The van der Waals surface area contributed by atoms with E-state index in [1.807, 2.05) is 38.4 Å². The Balaban J connectivity index is 1.36. The van der Waals surface area contributed by atoms with E-state index in [1.165, 1.54) is 4.90 Å². The van der Waals surface area contributed by atoms with E-state index in [0.717, 1.165) is 48.4 Å². The Morgan fingerprint density at radius 2 is 1.88 bits per heavy atom. The molecule has 32 heavy (non-hydrogen) atoms. The number of fused-ring (bicyclic) bond motifs is 1. The van der Waals surface area contributed by atoms with Gasteiger partial charge in [-0.25, -0.2) is 15.0 Å². The molecule has 2 N–H and O–H groups in total. The Morgan fingerprint density at radius 1 is 1.09 bits per heavy atom. The Kier molecular flexibility index (Phi) is 6.58. The van der Waals surface area contributed by atoms with Gasteiger partial charge in [0, 0.05) is 53.0 Å². The van der Waals surface area contributed by atoms with Gasteiger partial charge in [0.2, 0.25) is 5.95 Å². The van der Waals surface area contributed by atoms with Gasteiger partial charge in [0.05, 0.1) is 11.1 Å². The molecular formula is C25H33N5OS. The van der Waals surface area contributed by atoms with Crippen LogP contribution in [0.3, 0.4) is 0 Å². The average Bonchev–Trinajstić information content (AvgIpc) is 2.78. The molecule has 1 fully saturated rings. The van der Waals surface area contributed by atoms with Crippen LogP contribution in [-0.4, -0.2) is 50.5 Å². The van der Waals surface area contributed by atoms with Gasteiger partial charge in [-0.2, -0.15) is 0 Å². The third-order valence-corrected chi connectivity index (χ3v) is 8.06. The van der Waals surface area contributed by atoms with E-state index in [-0.39, 0.29) is 5.41 Å². The number of benzene rings is 1. The first-order valence-electron chi connectivity index (χ1n) is 11.3. The SMILES string of the molecule is CC(C)(O)C(C)(C)CSc1ccc2nc(NC3CCN(c4ccccn4)CC3)ncc2c1. The van der Waals surface area contributed by atoms with E-state index in [0.29, 0.717) is 12.0 Å². The molecule has 3 heterocycles. The molecule has 7 heteroatoms. The minimum Gasteiger partial charge on any atom is -0.390 e. The predicted octanol–water partition coefficient (Wildman–Crippen LogP) is 4.99. The Hall–Kier alpha value is -2.38. The Bertz CT molecular complexity index is 1040. The summed E-state index contributed by atoms with van der Waals surface area (Å²) in [6.45, 7) is 9.90. The minimum absolute atomic E-state index is 0.191. The number of aliphatic hydroxyl groups is 1. The Morgan fingerprint density at radius 3 is 2.56 bits per heavy atom. The van der Waals surface area contributed by atoms with E-state index in [2.05, 4.69) is 58.3 Å². The maximum Gasteiger partial charge on any atom is 0.223 e. The number of aromatic nitrogens is 3. The number of hydrogen-bond acceptors (Lipinski definition) is 7. The Labute approximate surface area is 194 Å². The topological polar surface area (TPSA) is 74.2 Å². The van der Waals surface area contributed by atoms with Crippen LogP contribution in [0.15, 0.2) is 53.7 Å². The molecule has 4 rings (SSSR count). The number of rotatable bonds is 7. The van der Waals surface area contributed by atoms with E-state index in [4.69, 9.17) is 4.98 Å². The first-order valence-corrected chi connectivity index (χ1v) is 12.2. The summed E-state index contributed by atoms with van der Waals surface area (Å²) in [6, 6.07) is 12.7. The predicted molar refractivity (Wildman–Crippen MR) is 133 cm³/mol. The number of thioether (sulfide) groups is 1. The molecule has 3 aromatic rings. The molecule has 1 aliphatic rings. The van der Waals surface area contributed by atoms with Crippen LogP contribution in [0.2, 0.25) is 0 Å². The van der Waals surface area contributed by atoms with Crippen molar-refractivity contribution in [3.63, 3.8) is 0 Å². The summed E-state index contributed by atoms with van der Waals surface area (Å²) >= 11 is 1.76. The van der Waals surface area contributed by atoms with Gasteiger partial charge in [0.25, 0.3) is 0 Å². The molecule has 0 saturated carbocycles. The molecule has 0 radical (unpaired) electrons. The van der Waals surface area contributed by atoms with Crippen LogP contribution >= 0.6 is 11.8 Å². The number of hydrogen-bond donors (Lipinski definition) is 2. The zero-order chi connectivity index (χ0) is 22.8. The summed E-state index contributed by atoms with van der Waals surface area (Å²) < 4.78 is 0. The van der Waals surface area contributed by atoms with Crippen molar-refractivity contribution < 1.29 is 5.11 Å². The van der Waals surface area contributed by atoms with Crippen molar-refractivity contribution in [2.45, 2.75) is 57.1 Å². The summed E-state index contributed by atoms with van der Waals surface area (Å²) in [5.74, 6) is 2.57. The lowest BCUT2D eigenvalue weighted by molar-refractivity contribution is -0.0210. The van der Waals surface area contributed by atoms with Gasteiger partial charge in [-0.1, -0.05) is 19.9 Å². The van der Waals surface area contributed by atoms with Gasteiger partial charge < -0.3 is 15.3 Å². The second-order valence-corrected chi connectivity index (χ2v) is 10.8. The standard InChI is InChI=1S/C25H33N5OS/c1-24(2,25(3,4)31)17-32-20-8-9-21-18(15-20)16-27-23(29-21)28-19-10-13-30(14-11-19)22-7-5-6-12-26-22/h5-9,12,15-16,19,31H,10-11,13-14,17H2,1-4H3,(H,27,28,29). The second-order valence-electron chi connectivity index (χ2n) is 9.74. The zero-order valence-electron chi connectivity index (χ0n) is 19.4. The zero-order valence-corrected chi connectivity index (χ0v) is 20.2. The molecule has 1 aromatic carbocycles. The van der Waals surface area contributed by atoms with Crippen molar-refractivity contribution in [2.75, 3.05) is 29.1 Å². The van der Waals surface area contributed by atoms with Crippen molar-refractivity contribution in [3.05, 3.63) is 48.8 Å². The molecule has 0 aliphatic carbocycles. The van der Waals surface area contributed by atoms with Gasteiger partial charge in [-0.05, 0) is 57.0 Å². The van der Waals surface area contributed by atoms with Crippen LogP contribution in [-0.2, 0) is 0 Å². The van der Waals surface area contributed by atoms with Crippen LogP contribution in [0.25, 0.3) is 10.9 Å². The molecular weight excluding hydrogens is 418 g/mol. The fourth-order valence-corrected chi connectivity index (χ4v) is 4.84. The number of nitrogens with one attached hydrogen (secondary N) is 1. The average molecular weight is 452 g/mol. The monoisotopic (exact) mass is 451 g/mol. The van der Waals surface area contributed by atoms with Crippen molar-refractivity contribution in [2.24, 2.45) is 5.41 Å². The smallest absolute Gasteiger partial charge is 0.223 e. The van der Waals surface area contributed by atoms with Gasteiger partial charge in [-0.3, -0.25) is 0 Å². The van der Waals surface area contributed by atoms with Gasteiger partial charge in [0.1, 0.15) is 5.82 Å². The number of anilines is 2. The first kappa shape index (κ1) is 22.8. The lowest BCUT2D eigenvalue weighted by Gasteiger charge is -2.37. The summed E-state index contributed by atoms with van der Waals surface area (Å²) in [6.07, 6.45) is 5.81. The molecule has 6 nitrogen and oxygen atoms in total. The highest BCUT2D eigenvalue weighted by Gasteiger charge is 2.34. The lowest BCUT2D eigenvalue weighted by atomic mass is 9.79. The van der Waals surface area contributed by atoms with E-state index < -0.39 is 5.60 Å². The fraction of sp³-hybridized carbons (Fsp3) is 0.480. The van der Waals surface area contributed by atoms with E-state index >= 15 is 0 Å². The van der Waals surface area contributed by atoms with Crippen LogP contribution in [0.1, 0.15) is 40.5 Å². The molecule has 0 amide bonds. The molecule has 0 spiro atoms. The molecule has 0 unspecified atom stereocenters. The van der Waals surface area contributed by atoms with Crippen LogP contribution in [0, 0.1) is 5.41 Å². The van der Waals surface area contributed by atoms with Crippen LogP contribution in [0.5, 0.6) is 0 Å². The summed E-state index contributed by atoms with van der Waals surface area (Å²) in [5, 5.41) is 14.9. The summed E-state index contributed by atoms with van der Waals surface area (Å²) in [7, 11) is 0. The second kappa shape index (κ2) is 9.24. The van der Waals surface area contributed by atoms with Crippen molar-refractivity contribution in [1.29, 1.82) is 0 Å². The van der Waals surface area contributed by atoms with Crippen molar-refractivity contribution >= 4 is 34.4 Å². The molecule has 170 valence electrons. The third-order valence-electron chi connectivity index (χ3n) is 6.61. The van der Waals surface area contributed by atoms with Crippen LogP contribution in [0.4, 0.5) is 11.8 Å². The van der Waals surface area contributed by atoms with Gasteiger partial charge >= 0.3 is 0 Å². The van der Waals surface area contributed by atoms with Crippen molar-refractivity contribution in [3.8, 4) is 0 Å². The molecule has 2 aromatic heterocycles. The highest BCUT2D eigenvalue weighted by Crippen LogP contribution is 2.36. The molecule has 0 bridgehead atoms. The fourth-order valence-electron chi connectivity index (χ4n) is 3.59. The van der Waals surface area contributed by atoms with E-state index in [9.17, 15) is 5.11 Å². The number of nitrogens with zero attached hydrogens (tertiary/aromatic N) is 4. The summed E-state index contributed by atoms with van der Waals surface area (Å²) in [4.78, 5) is 17.3. The quantitative estimate of drug-likeness (QED) is 0.490. The highest BCUT2D eigenvalue weighted by atomic mass is 32.2. The van der Waals surface area contributed by atoms with Crippen molar-refractivity contribution in [1.82, 2.24) is 15.0 Å². The number of pyridine rings is 1. The minimum atomic E-state index is -0.728. The molecule has 0 atom stereocenters. The summed E-state index contributed by atoms with van der Waals surface area (Å²) in [5.41, 5.74) is 0.0247. The first-order chi connectivity index (χ1) is 15.2. The molecule has 1 saturated heterocycles. The normalized spacial score (nSPS) is 15.8. The maximum absolute atomic E-state index is 10.4. The van der Waals surface area contributed by atoms with Gasteiger partial charge in [0.15, 0.2) is 0 Å². The third kappa shape index (κ3) is 5.33. The lowest BCUT2D eigenvalue weighted by Crippen LogP contribution is -2.40.